The summed E-state index contributed by atoms with van der Waals surface area (Å²) in [4.78, 5) is 21.4. The first-order chi connectivity index (χ1) is 15.5. The number of halogens is 4. The molecule has 0 aromatic carbocycles. The summed E-state index contributed by atoms with van der Waals surface area (Å²) in [6, 6.07) is 1.61. The monoisotopic (exact) mass is 489 g/mol. The zero-order chi connectivity index (χ0) is 24.0. The molecule has 0 unspecified atom stereocenters. The largest absolute Gasteiger partial charge is 0.534 e. The van der Waals surface area contributed by atoms with E-state index in [0.29, 0.717) is 31.4 Å². The van der Waals surface area contributed by atoms with Crippen LogP contribution in [-0.2, 0) is 14.9 Å². The molecule has 33 heavy (non-hydrogen) atoms. The molecule has 10 nitrogen and oxygen atoms in total. The van der Waals surface area contributed by atoms with Crippen molar-refractivity contribution in [3.8, 4) is 5.88 Å². The molecule has 1 aliphatic rings. The van der Waals surface area contributed by atoms with E-state index in [9.17, 15) is 30.8 Å². The fraction of sp³-hybridized carbons (Fsp3) is 0.333. The Morgan fingerprint density at radius 1 is 1.27 bits per heavy atom. The lowest BCUT2D eigenvalue weighted by Gasteiger charge is -2.27. The van der Waals surface area contributed by atoms with Crippen LogP contribution in [0.3, 0.4) is 0 Å². The number of nitrogens with zero attached hydrogens (tertiary/aromatic N) is 5. The summed E-state index contributed by atoms with van der Waals surface area (Å²) >= 11 is 0. The van der Waals surface area contributed by atoms with E-state index < -0.39 is 39.3 Å². The molecule has 3 aromatic heterocycles. The summed E-state index contributed by atoms with van der Waals surface area (Å²) in [7, 11) is -4.83. The molecule has 1 fully saturated rings. The van der Waals surface area contributed by atoms with Gasteiger partial charge < -0.3 is 13.8 Å². The predicted molar refractivity (Wildman–Crippen MR) is 103 cm³/mol. The highest BCUT2D eigenvalue weighted by atomic mass is 32.2. The van der Waals surface area contributed by atoms with Gasteiger partial charge in [-0.2, -0.15) is 26.7 Å². The third-order valence-corrected chi connectivity index (χ3v) is 5.93. The van der Waals surface area contributed by atoms with Crippen LogP contribution in [0.15, 0.2) is 30.7 Å². The van der Waals surface area contributed by atoms with Gasteiger partial charge in [0.25, 0.3) is 0 Å². The molecule has 0 saturated carbocycles. The maximum absolute atomic E-state index is 14.0. The molecule has 0 radical (unpaired) electrons. The van der Waals surface area contributed by atoms with Gasteiger partial charge in [0.05, 0.1) is 25.5 Å². The van der Waals surface area contributed by atoms with Crippen molar-refractivity contribution in [3.63, 3.8) is 0 Å². The molecule has 0 aliphatic carbocycles. The first-order valence-electron chi connectivity index (χ1n) is 9.37. The standard InChI is InChI=1S/C18H15F4N5O5S/c1-31-17(28)12-9-24-27-6-4-14(25-15(12)27)26-5-2-3-13(26)11-7-10(19)8-23-16(11)32-33(29,30)18(20,21)22/h4,6-9,13H,2-3,5H2,1H3/t13-/m1/s1. The molecule has 4 heterocycles. The number of pyridine rings is 1. The van der Waals surface area contributed by atoms with Crippen molar-refractivity contribution in [2.24, 2.45) is 0 Å². The maximum atomic E-state index is 14.0. The summed E-state index contributed by atoms with van der Waals surface area (Å²) in [5.74, 6) is -2.15. The summed E-state index contributed by atoms with van der Waals surface area (Å²) in [5.41, 5.74) is -5.63. The van der Waals surface area contributed by atoms with Gasteiger partial charge in [-0.05, 0) is 25.0 Å². The van der Waals surface area contributed by atoms with Gasteiger partial charge in [0.2, 0.25) is 5.88 Å². The highest BCUT2D eigenvalue weighted by Crippen LogP contribution is 2.40. The predicted octanol–water partition coefficient (Wildman–Crippen LogP) is 2.62. The van der Waals surface area contributed by atoms with Gasteiger partial charge in [-0.15, -0.1) is 0 Å². The number of aromatic nitrogens is 4. The molecule has 1 saturated heterocycles. The number of anilines is 1. The van der Waals surface area contributed by atoms with Crippen LogP contribution in [0.5, 0.6) is 5.88 Å². The van der Waals surface area contributed by atoms with Gasteiger partial charge in [0, 0.05) is 18.3 Å². The summed E-state index contributed by atoms with van der Waals surface area (Å²) in [6.07, 6.45) is 4.19. The smallest absolute Gasteiger partial charge is 0.465 e. The fourth-order valence-electron chi connectivity index (χ4n) is 3.54. The van der Waals surface area contributed by atoms with Crippen LogP contribution < -0.4 is 9.08 Å². The quantitative estimate of drug-likeness (QED) is 0.231. The van der Waals surface area contributed by atoms with Crippen LogP contribution in [0, 0.1) is 5.82 Å². The molecule has 1 aliphatic heterocycles. The molecule has 4 rings (SSSR count). The van der Waals surface area contributed by atoms with E-state index in [-0.39, 0.29) is 16.8 Å². The Bertz CT molecular complexity index is 1330. The first-order valence-corrected chi connectivity index (χ1v) is 10.8. The Morgan fingerprint density at radius 3 is 2.73 bits per heavy atom. The number of alkyl halides is 3. The molecule has 176 valence electrons. The van der Waals surface area contributed by atoms with E-state index in [1.807, 2.05) is 0 Å². The minimum Gasteiger partial charge on any atom is -0.465 e. The lowest BCUT2D eigenvalue weighted by Crippen LogP contribution is -2.30. The molecule has 15 heteroatoms. The van der Waals surface area contributed by atoms with Gasteiger partial charge in [0.15, 0.2) is 5.65 Å². The third-order valence-electron chi connectivity index (χ3n) is 4.98. The van der Waals surface area contributed by atoms with Crippen LogP contribution in [0.25, 0.3) is 5.65 Å². The Morgan fingerprint density at radius 2 is 2.03 bits per heavy atom. The minimum absolute atomic E-state index is 0.0859. The van der Waals surface area contributed by atoms with Crippen LogP contribution in [0.1, 0.15) is 34.8 Å². The second-order valence-corrected chi connectivity index (χ2v) is 8.52. The number of fused-ring (bicyclic) bond motifs is 1. The molecule has 0 amide bonds. The Kier molecular flexibility index (Phi) is 5.59. The Labute approximate surface area is 183 Å². The number of carbonyl (C=O) groups is 1. The maximum Gasteiger partial charge on any atom is 0.534 e. The van der Waals surface area contributed by atoms with E-state index in [2.05, 4.69) is 19.2 Å². The van der Waals surface area contributed by atoms with Gasteiger partial charge >= 0.3 is 21.6 Å². The van der Waals surface area contributed by atoms with Crippen LogP contribution >= 0.6 is 0 Å². The van der Waals surface area contributed by atoms with Crippen molar-refractivity contribution in [1.82, 2.24) is 19.6 Å². The topological polar surface area (TPSA) is 116 Å². The fourth-order valence-corrected chi connectivity index (χ4v) is 3.98. The van der Waals surface area contributed by atoms with Gasteiger partial charge in [-0.3, -0.25) is 0 Å². The minimum atomic E-state index is -6.02. The SMILES string of the molecule is COC(=O)c1cnn2ccc(N3CCC[C@@H]3c3cc(F)cnc3OS(=O)(=O)C(F)(F)F)nc12. The molecular weight excluding hydrogens is 474 g/mol. The first kappa shape index (κ1) is 22.7. The lowest BCUT2D eigenvalue weighted by atomic mass is 10.1. The number of ether oxygens (including phenoxy) is 1. The Balaban J connectivity index is 1.75. The normalized spacial score (nSPS) is 16.9. The summed E-state index contributed by atoms with van der Waals surface area (Å²) in [6.45, 7) is 0.359. The number of hydrogen-bond acceptors (Lipinski definition) is 9. The van der Waals surface area contributed by atoms with Crippen LogP contribution in [0.4, 0.5) is 23.4 Å². The zero-order valence-electron chi connectivity index (χ0n) is 16.8. The van der Waals surface area contributed by atoms with Crippen molar-refractivity contribution < 1.29 is 39.7 Å². The number of carbonyl (C=O) groups excluding carboxylic acids is 1. The molecule has 0 N–H and O–H groups in total. The lowest BCUT2D eigenvalue weighted by molar-refractivity contribution is -0.0501. The van der Waals surface area contributed by atoms with Crippen molar-refractivity contribution in [1.29, 1.82) is 0 Å². The van der Waals surface area contributed by atoms with E-state index in [0.717, 1.165) is 6.07 Å². The van der Waals surface area contributed by atoms with Crippen molar-refractivity contribution in [2.75, 3.05) is 18.6 Å². The highest BCUT2D eigenvalue weighted by molar-refractivity contribution is 7.87. The molecule has 3 aromatic rings. The van der Waals surface area contributed by atoms with Gasteiger partial charge in [0.1, 0.15) is 17.2 Å². The van der Waals surface area contributed by atoms with Crippen LogP contribution in [-0.4, -0.2) is 53.1 Å². The third kappa shape index (κ3) is 4.15. The highest BCUT2D eigenvalue weighted by Gasteiger charge is 2.49. The van der Waals surface area contributed by atoms with Crippen molar-refractivity contribution in [3.05, 3.63) is 47.7 Å². The molecule has 0 bridgehead atoms. The van der Waals surface area contributed by atoms with Crippen molar-refractivity contribution in [2.45, 2.75) is 24.4 Å². The van der Waals surface area contributed by atoms with E-state index in [1.54, 1.807) is 11.0 Å². The van der Waals surface area contributed by atoms with Gasteiger partial charge in [-0.25, -0.2) is 23.7 Å². The Hall–Kier alpha value is -3.49. The second kappa shape index (κ2) is 8.13. The number of esters is 1. The average Bonchev–Trinajstić information content (AvgIpc) is 3.40. The molecular formula is C18H15F4N5O5S. The number of hydrogen-bond donors (Lipinski definition) is 0. The number of rotatable bonds is 5. The summed E-state index contributed by atoms with van der Waals surface area (Å²) in [5, 5.41) is 4.00. The van der Waals surface area contributed by atoms with Gasteiger partial charge in [-0.1, -0.05) is 0 Å². The number of methoxy groups -OCH3 is 1. The average molecular weight is 489 g/mol. The molecule has 0 spiro atoms. The van der Waals surface area contributed by atoms with Crippen molar-refractivity contribution >= 4 is 27.6 Å². The van der Waals surface area contributed by atoms with Crippen LogP contribution in [0.2, 0.25) is 0 Å². The zero-order valence-corrected chi connectivity index (χ0v) is 17.6. The van der Waals surface area contributed by atoms with E-state index in [1.165, 1.54) is 24.0 Å². The summed E-state index contributed by atoms with van der Waals surface area (Å²) < 4.78 is 85.7. The van der Waals surface area contributed by atoms with E-state index in [4.69, 9.17) is 4.74 Å². The second-order valence-electron chi connectivity index (χ2n) is 6.99. The molecule has 1 atom stereocenters. The van der Waals surface area contributed by atoms with E-state index >= 15 is 0 Å².